The topological polar surface area (TPSA) is 120 Å². The van der Waals surface area contributed by atoms with E-state index < -0.39 is 41.6 Å². The van der Waals surface area contributed by atoms with Gasteiger partial charge in [0.05, 0.1) is 43.4 Å². The molecule has 1 N–H and O–H groups in total. The zero-order valence-corrected chi connectivity index (χ0v) is 28.0. The second-order valence-electron chi connectivity index (χ2n) is 13.5. The lowest BCUT2D eigenvalue weighted by atomic mass is 10.1. The van der Waals surface area contributed by atoms with Gasteiger partial charge in [-0.2, -0.15) is 0 Å². The lowest BCUT2D eigenvalue weighted by Gasteiger charge is -2.34. The summed E-state index contributed by atoms with van der Waals surface area (Å²) in [6.45, 7) is 15.3. The maximum Gasteiger partial charge on any atom is 0.573 e. The third-order valence-corrected chi connectivity index (χ3v) is 6.80. The smallest absolute Gasteiger partial charge is 0.444 e. The van der Waals surface area contributed by atoms with Crippen LogP contribution >= 0.6 is 0 Å². The maximum atomic E-state index is 13.8. The van der Waals surface area contributed by atoms with Gasteiger partial charge in [0, 0.05) is 24.7 Å². The van der Waals surface area contributed by atoms with E-state index in [1.165, 1.54) is 23.1 Å². The summed E-state index contributed by atoms with van der Waals surface area (Å²) in [6, 6.07) is 7.17. The molecule has 1 atom stereocenters. The largest absolute Gasteiger partial charge is 0.573 e. The van der Waals surface area contributed by atoms with Crippen molar-refractivity contribution < 1.29 is 41.7 Å². The van der Waals surface area contributed by atoms with Gasteiger partial charge >= 0.3 is 18.5 Å². The van der Waals surface area contributed by atoms with Crippen molar-refractivity contribution >= 4 is 29.3 Å². The van der Waals surface area contributed by atoms with E-state index in [0.717, 1.165) is 5.69 Å². The number of hydrogen-bond donors (Lipinski definition) is 1. The summed E-state index contributed by atoms with van der Waals surface area (Å²) in [7, 11) is 0. The monoisotopic (exact) mass is 664 g/mol. The fourth-order valence-electron chi connectivity index (χ4n) is 4.80. The Morgan fingerprint density at radius 3 is 2.40 bits per heavy atom. The highest BCUT2D eigenvalue weighted by Gasteiger charge is 2.34. The standard InChI is InChI=1S/C32H43F3N6O6/c1-20(2)24-17-37-27-23(40(29(43)47-31(6,7)8)18-21-11-9-10-12-25(21)45-32(33,34)35)15-26(38-41(24)27)36-16-22-19-39(13-14-44-22)28(42)46-30(3,4)5/h9-12,15,17,20,22H,13-14,16,18-19H2,1-8H3,(H,36,38)/t22-/m0/s1. The number of carbonyl (C=O) groups excluding carboxylic acids is 2. The molecule has 0 spiro atoms. The number of imidazole rings is 1. The van der Waals surface area contributed by atoms with E-state index >= 15 is 0 Å². The first-order valence-corrected chi connectivity index (χ1v) is 15.4. The molecular weight excluding hydrogens is 621 g/mol. The van der Waals surface area contributed by atoms with Gasteiger partial charge < -0.3 is 29.2 Å². The zero-order chi connectivity index (χ0) is 34.7. The molecule has 4 rings (SSSR count). The number of morpholine rings is 1. The SMILES string of the molecule is CC(C)c1cnc2c(N(Cc3ccccc3OC(F)(F)F)C(=O)OC(C)(C)C)cc(NC[C@H]3CN(C(=O)OC(C)(C)C)CCO3)nn12. The van der Waals surface area contributed by atoms with Crippen molar-refractivity contribution in [1.29, 1.82) is 0 Å². The lowest BCUT2D eigenvalue weighted by Crippen LogP contribution is -2.49. The average molecular weight is 665 g/mol. The Morgan fingerprint density at radius 2 is 1.77 bits per heavy atom. The van der Waals surface area contributed by atoms with Gasteiger partial charge in [-0.1, -0.05) is 32.0 Å². The van der Waals surface area contributed by atoms with Gasteiger partial charge in [-0.25, -0.2) is 19.1 Å². The number of ether oxygens (including phenoxy) is 4. The number of anilines is 2. The van der Waals surface area contributed by atoms with Crippen LogP contribution in [0.3, 0.4) is 0 Å². The number of carbonyl (C=O) groups is 2. The number of nitrogens with zero attached hydrogens (tertiary/aromatic N) is 5. The van der Waals surface area contributed by atoms with E-state index in [4.69, 9.17) is 19.3 Å². The number of para-hydroxylation sites is 1. The second-order valence-corrected chi connectivity index (χ2v) is 13.5. The van der Waals surface area contributed by atoms with Crippen molar-refractivity contribution in [3.05, 3.63) is 47.8 Å². The maximum absolute atomic E-state index is 13.8. The summed E-state index contributed by atoms with van der Waals surface area (Å²) in [5.41, 5.74) is -0.196. The third kappa shape index (κ3) is 9.86. The number of halogens is 3. The summed E-state index contributed by atoms with van der Waals surface area (Å²) in [5, 5.41) is 7.97. The molecule has 0 bridgehead atoms. The predicted octanol–water partition coefficient (Wildman–Crippen LogP) is 6.74. The number of fused-ring (bicyclic) bond motifs is 1. The molecule has 0 radical (unpaired) electrons. The van der Waals surface area contributed by atoms with Crippen molar-refractivity contribution in [1.82, 2.24) is 19.5 Å². The number of benzene rings is 1. The molecule has 3 heterocycles. The Kier molecular flexibility index (Phi) is 10.5. The molecule has 0 saturated carbocycles. The molecule has 1 aromatic carbocycles. The number of nitrogens with one attached hydrogen (secondary N) is 1. The van der Waals surface area contributed by atoms with Crippen LogP contribution in [0.5, 0.6) is 5.75 Å². The van der Waals surface area contributed by atoms with Crippen LogP contribution < -0.4 is 15.0 Å². The molecule has 2 amide bonds. The molecule has 2 aromatic heterocycles. The molecule has 1 fully saturated rings. The van der Waals surface area contributed by atoms with Crippen LogP contribution in [0.15, 0.2) is 36.5 Å². The molecule has 1 aliphatic rings. The number of rotatable bonds is 8. The lowest BCUT2D eigenvalue weighted by molar-refractivity contribution is -0.274. The minimum absolute atomic E-state index is 0.0134. The first kappa shape index (κ1) is 35.6. The minimum atomic E-state index is -4.94. The Morgan fingerprint density at radius 1 is 1.09 bits per heavy atom. The summed E-state index contributed by atoms with van der Waals surface area (Å²) in [6.07, 6.45) is -4.95. The highest BCUT2D eigenvalue weighted by Crippen LogP contribution is 2.33. The first-order valence-electron chi connectivity index (χ1n) is 15.4. The van der Waals surface area contributed by atoms with Gasteiger partial charge in [0.1, 0.15) is 22.8 Å². The number of amides is 2. The van der Waals surface area contributed by atoms with E-state index in [-0.39, 0.29) is 36.8 Å². The molecule has 47 heavy (non-hydrogen) atoms. The van der Waals surface area contributed by atoms with Crippen molar-refractivity contribution in [3.63, 3.8) is 0 Å². The van der Waals surface area contributed by atoms with Gasteiger partial charge in [0.25, 0.3) is 0 Å². The van der Waals surface area contributed by atoms with Crippen molar-refractivity contribution in [2.45, 2.75) is 91.5 Å². The van der Waals surface area contributed by atoms with Crippen LogP contribution in [-0.2, 0) is 20.8 Å². The number of aromatic nitrogens is 3. The summed E-state index contributed by atoms with van der Waals surface area (Å²) < 4.78 is 62.8. The second kappa shape index (κ2) is 13.8. The van der Waals surface area contributed by atoms with Crippen molar-refractivity contribution in [2.75, 3.05) is 36.5 Å². The number of alkyl halides is 3. The summed E-state index contributed by atoms with van der Waals surface area (Å²) >= 11 is 0. The first-order chi connectivity index (χ1) is 21.8. The Hall–Kier alpha value is -4.27. The zero-order valence-electron chi connectivity index (χ0n) is 28.0. The van der Waals surface area contributed by atoms with Gasteiger partial charge in [-0.15, -0.1) is 18.3 Å². The molecule has 12 nitrogen and oxygen atoms in total. The fourth-order valence-corrected chi connectivity index (χ4v) is 4.80. The van der Waals surface area contributed by atoms with E-state index in [9.17, 15) is 22.8 Å². The van der Waals surface area contributed by atoms with Crippen LogP contribution in [0, 0.1) is 0 Å². The van der Waals surface area contributed by atoms with Gasteiger partial charge in [0.15, 0.2) is 5.65 Å². The molecule has 0 aliphatic carbocycles. The number of hydrogen-bond acceptors (Lipinski definition) is 9. The van der Waals surface area contributed by atoms with Gasteiger partial charge in [-0.05, 0) is 53.5 Å². The molecular formula is C32H43F3N6O6. The van der Waals surface area contributed by atoms with Crippen LogP contribution in [0.25, 0.3) is 5.65 Å². The molecule has 1 saturated heterocycles. The Bertz CT molecular complexity index is 1560. The quantitative estimate of drug-likeness (QED) is 0.279. The average Bonchev–Trinajstić information content (AvgIpc) is 3.37. The summed E-state index contributed by atoms with van der Waals surface area (Å²) in [5.74, 6) is -0.133. The summed E-state index contributed by atoms with van der Waals surface area (Å²) in [4.78, 5) is 33.8. The van der Waals surface area contributed by atoms with E-state index in [1.807, 2.05) is 13.8 Å². The Balaban J connectivity index is 1.71. The molecule has 258 valence electrons. The Labute approximate surface area is 272 Å². The van der Waals surface area contributed by atoms with E-state index in [1.54, 1.807) is 69.3 Å². The highest BCUT2D eigenvalue weighted by molar-refractivity contribution is 5.93. The van der Waals surface area contributed by atoms with Crippen molar-refractivity contribution in [3.8, 4) is 5.75 Å². The van der Waals surface area contributed by atoms with E-state index in [2.05, 4.69) is 15.0 Å². The van der Waals surface area contributed by atoms with Crippen LogP contribution in [0.2, 0.25) is 0 Å². The molecule has 1 aliphatic heterocycles. The molecule has 15 heteroatoms. The van der Waals surface area contributed by atoms with Crippen LogP contribution in [0.1, 0.15) is 72.6 Å². The predicted molar refractivity (Wildman–Crippen MR) is 169 cm³/mol. The van der Waals surface area contributed by atoms with Crippen molar-refractivity contribution in [2.24, 2.45) is 0 Å². The molecule has 3 aromatic rings. The fraction of sp³-hybridized carbons (Fsp3) is 0.562. The van der Waals surface area contributed by atoms with Crippen LogP contribution in [0.4, 0.5) is 34.3 Å². The minimum Gasteiger partial charge on any atom is -0.444 e. The van der Waals surface area contributed by atoms with E-state index in [0.29, 0.717) is 24.6 Å². The van der Waals surface area contributed by atoms with Gasteiger partial charge in [-0.3, -0.25) is 4.90 Å². The highest BCUT2D eigenvalue weighted by atomic mass is 19.4. The van der Waals surface area contributed by atoms with Crippen LogP contribution in [-0.4, -0.2) is 81.6 Å². The van der Waals surface area contributed by atoms with Gasteiger partial charge in [0.2, 0.25) is 0 Å². The normalized spacial score (nSPS) is 15.9. The molecule has 0 unspecified atom stereocenters. The third-order valence-electron chi connectivity index (χ3n) is 6.80.